The Balaban J connectivity index is 1.78. The first-order valence-electron chi connectivity index (χ1n) is 8.71. The van der Waals surface area contributed by atoms with E-state index in [-0.39, 0.29) is 17.5 Å². The van der Waals surface area contributed by atoms with E-state index in [0.29, 0.717) is 0 Å². The Morgan fingerprint density at radius 1 is 1.33 bits per heavy atom. The number of carbonyl (C=O) groups is 1. The maximum absolute atomic E-state index is 12.5. The molecule has 2 rings (SSSR count). The average molecular weight is 335 g/mol. The number of nitrogens with one attached hydrogen (secondary N) is 1. The van der Waals surface area contributed by atoms with E-state index in [0.717, 1.165) is 65.3 Å². The van der Waals surface area contributed by atoms with Crippen molar-refractivity contribution in [2.45, 2.75) is 18.9 Å². The van der Waals surface area contributed by atoms with Gasteiger partial charge in [-0.1, -0.05) is 0 Å². The van der Waals surface area contributed by atoms with Crippen LogP contribution in [0.4, 0.5) is 0 Å². The first kappa shape index (κ1) is 18.7. The molecule has 2 saturated heterocycles. The van der Waals surface area contributed by atoms with Crippen molar-refractivity contribution in [2.75, 3.05) is 66.6 Å². The second-order valence-corrected chi connectivity index (χ2v) is 6.53. The van der Waals surface area contributed by atoms with Gasteiger partial charge in [-0.25, -0.2) is 0 Å². The van der Waals surface area contributed by atoms with E-state index in [4.69, 9.17) is 4.74 Å². The molecule has 134 valence electrons. The molecule has 24 heavy (non-hydrogen) atoms. The van der Waals surface area contributed by atoms with Gasteiger partial charge in [0, 0.05) is 45.5 Å². The summed E-state index contributed by atoms with van der Waals surface area (Å²) in [5.74, 6) is -0.189. The smallest absolute Gasteiger partial charge is 0.265 e. The van der Waals surface area contributed by atoms with Crippen molar-refractivity contribution in [3.8, 4) is 6.07 Å². The van der Waals surface area contributed by atoms with Crippen LogP contribution in [0.15, 0.2) is 11.8 Å². The first-order valence-corrected chi connectivity index (χ1v) is 8.71. The third-order valence-corrected chi connectivity index (χ3v) is 4.83. The summed E-state index contributed by atoms with van der Waals surface area (Å²) in [5, 5.41) is 12.4. The summed E-state index contributed by atoms with van der Waals surface area (Å²) in [4.78, 5) is 18.8. The van der Waals surface area contributed by atoms with Gasteiger partial charge in [0.25, 0.3) is 5.91 Å². The highest BCUT2D eigenvalue weighted by atomic mass is 16.5. The van der Waals surface area contributed by atoms with Gasteiger partial charge >= 0.3 is 0 Å². The summed E-state index contributed by atoms with van der Waals surface area (Å²) in [6.45, 7) is 7.02. The summed E-state index contributed by atoms with van der Waals surface area (Å²) in [7, 11) is 3.90. The number of amides is 1. The van der Waals surface area contributed by atoms with E-state index in [9.17, 15) is 10.1 Å². The molecule has 0 bridgehead atoms. The summed E-state index contributed by atoms with van der Waals surface area (Å²) in [5.41, 5.74) is 0.179. The minimum atomic E-state index is -0.189. The van der Waals surface area contributed by atoms with Crippen molar-refractivity contribution in [2.24, 2.45) is 0 Å². The maximum Gasteiger partial charge on any atom is 0.265 e. The van der Waals surface area contributed by atoms with Crippen molar-refractivity contribution in [3.63, 3.8) is 0 Å². The molecule has 2 aliphatic rings. The normalized spacial score (nSPS) is 21.3. The fourth-order valence-corrected chi connectivity index (χ4v) is 3.10. The number of ether oxygens (including phenoxy) is 1. The Bertz CT molecular complexity index is 474. The number of nitrogens with zero attached hydrogens (tertiary/aromatic N) is 4. The van der Waals surface area contributed by atoms with Crippen LogP contribution in [0.25, 0.3) is 0 Å². The number of nitriles is 1. The third kappa shape index (κ3) is 5.48. The van der Waals surface area contributed by atoms with Crippen LogP contribution in [-0.4, -0.2) is 93.2 Å². The van der Waals surface area contributed by atoms with Gasteiger partial charge < -0.3 is 19.9 Å². The van der Waals surface area contributed by atoms with Crippen LogP contribution in [0, 0.1) is 11.3 Å². The van der Waals surface area contributed by atoms with Crippen LogP contribution in [0.5, 0.6) is 0 Å². The van der Waals surface area contributed by atoms with Gasteiger partial charge in [-0.05, 0) is 33.0 Å². The molecule has 2 aliphatic heterocycles. The SMILES string of the molecule is CN1CCC(N(C)C(=O)/C(C#N)=C\NCCN2CCOCC2)CC1. The Labute approximate surface area is 144 Å². The molecule has 7 heteroatoms. The van der Waals surface area contributed by atoms with Crippen molar-refractivity contribution in [1.29, 1.82) is 5.26 Å². The Morgan fingerprint density at radius 3 is 2.62 bits per heavy atom. The largest absolute Gasteiger partial charge is 0.388 e. The topological polar surface area (TPSA) is 71.8 Å². The lowest BCUT2D eigenvalue weighted by Gasteiger charge is -2.35. The predicted octanol–water partition coefficient (Wildman–Crippen LogP) is -0.132. The molecule has 0 spiro atoms. The molecule has 2 fully saturated rings. The molecule has 0 aromatic heterocycles. The number of likely N-dealkylation sites (N-methyl/N-ethyl adjacent to an activating group) is 1. The summed E-state index contributed by atoms with van der Waals surface area (Å²) >= 11 is 0. The molecule has 0 aromatic rings. The number of piperidine rings is 1. The van der Waals surface area contributed by atoms with E-state index in [1.165, 1.54) is 0 Å². The van der Waals surface area contributed by atoms with Gasteiger partial charge in [0.15, 0.2) is 0 Å². The number of likely N-dealkylation sites (tertiary alicyclic amines) is 1. The maximum atomic E-state index is 12.5. The van der Waals surface area contributed by atoms with E-state index >= 15 is 0 Å². The fourth-order valence-electron chi connectivity index (χ4n) is 3.10. The van der Waals surface area contributed by atoms with E-state index < -0.39 is 0 Å². The number of rotatable bonds is 6. The van der Waals surface area contributed by atoms with Gasteiger partial charge in [0.05, 0.1) is 13.2 Å². The molecule has 0 saturated carbocycles. The molecule has 0 aromatic carbocycles. The molecule has 0 aliphatic carbocycles. The van der Waals surface area contributed by atoms with Crippen LogP contribution >= 0.6 is 0 Å². The lowest BCUT2D eigenvalue weighted by Crippen LogP contribution is -2.45. The van der Waals surface area contributed by atoms with Crippen LogP contribution in [0.3, 0.4) is 0 Å². The Kier molecular flexibility index (Phi) is 7.50. The van der Waals surface area contributed by atoms with Crippen LogP contribution in [0.1, 0.15) is 12.8 Å². The molecular formula is C17H29N5O2. The number of hydrogen-bond acceptors (Lipinski definition) is 6. The quantitative estimate of drug-likeness (QED) is 0.414. The molecule has 7 nitrogen and oxygen atoms in total. The average Bonchev–Trinajstić information content (AvgIpc) is 2.62. The zero-order valence-corrected chi connectivity index (χ0v) is 14.8. The van der Waals surface area contributed by atoms with E-state index in [2.05, 4.69) is 22.2 Å². The van der Waals surface area contributed by atoms with Gasteiger partial charge in [-0.15, -0.1) is 0 Å². The predicted molar refractivity (Wildman–Crippen MR) is 92.2 cm³/mol. The lowest BCUT2D eigenvalue weighted by molar-refractivity contribution is -0.128. The third-order valence-electron chi connectivity index (χ3n) is 4.83. The van der Waals surface area contributed by atoms with Gasteiger partial charge in [0.2, 0.25) is 0 Å². The molecule has 1 amide bonds. The number of carbonyl (C=O) groups excluding carboxylic acids is 1. The van der Waals surface area contributed by atoms with Gasteiger partial charge in [0.1, 0.15) is 11.6 Å². The summed E-state index contributed by atoms with van der Waals surface area (Å²) in [6, 6.07) is 2.25. The Hall–Kier alpha value is -1.62. The highest BCUT2D eigenvalue weighted by molar-refractivity contribution is 5.97. The molecular weight excluding hydrogens is 306 g/mol. The zero-order chi connectivity index (χ0) is 17.4. The molecule has 1 N–H and O–H groups in total. The van der Waals surface area contributed by atoms with Crippen molar-refractivity contribution >= 4 is 5.91 Å². The zero-order valence-electron chi connectivity index (χ0n) is 14.8. The van der Waals surface area contributed by atoms with Gasteiger partial charge in [-0.2, -0.15) is 5.26 Å². The van der Waals surface area contributed by atoms with Crippen LogP contribution in [0.2, 0.25) is 0 Å². The summed E-state index contributed by atoms with van der Waals surface area (Å²) < 4.78 is 5.31. The molecule has 0 unspecified atom stereocenters. The minimum absolute atomic E-state index is 0.179. The number of morpholine rings is 1. The fraction of sp³-hybridized carbons (Fsp3) is 0.765. The van der Waals surface area contributed by atoms with Crippen LogP contribution < -0.4 is 5.32 Å². The molecule has 2 heterocycles. The molecule has 0 atom stereocenters. The first-order chi connectivity index (χ1) is 11.6. The van der Waals surface area contributed by atoms with E-state index in [1.807, 2.05) is 6.07 Å². The number of hydrogen-bond donors (Lipinski definition) is 1. The van der Waals surface area contributed by atoms with Crippen molar-refractivity contribution in [1.82, 2.24) is 20.0 Å². The van der Waals surface area contributed by atoms with Gasteiger partial charge in [-0.3, -0.25) is 9.69 Å². The summed E-state index contributed by atoms with van der Waals surface area (Å²) in [6.07, 6.45) is 3.48. The van der Waals surface area contributed by atoms with E-state index in [1.54, 1.807) is 18.1 Å². The van der Waals surface area contributed by atoms with Crippen molar-refractivity contribution < 1.29 is 9.53 Å². The monoisotopic (exact) mass is 335 g/mol. The van der Waals surface area contributed by atoms with Crippen molar-refractivity contribution in [3.05, 3.63) is 11.8 Å². The minimum Gasteiger partial charge on any atom is -0.388 e. The standard InChI is InChI=1S/C17H29N5O2/c1-20-6-3-16(4-7-20)21(2)17(23)15(13-18)14-19-5-8-22-9-11-24-12-10-22/h14,16,19H,3-12H2,1-2H3/b15-14-. The highest BCUT2D eigenvalue weighted by Gasteiger charge is 2.25. The second-order valence-electron chi connectivity index (χ2n) is 6.53. The lowest BCUT2D eigenvalue weighted by atomic mass is 10.0. The Morgan fingerprint density at radius 2 is 2.00 bits per heavy atom. The second kappa shape index (κ2) is 9.62. The van der Waals surface area contributed by atoms with Crippen LogP contribution in [-0.2, 0) is 9.53 Å². The highest BCUT2D eigenvalue weighted by Crippen LogP contribution is 2.15. The molecule has 0 radical (unpaired) electrons.